The summed E-state index contributed by atoms with van der Waals surface area (Å²) < 4.78 is 5.64. The Balaban J connectivity index is 1.63. The zero-order valence-electron chi connectivity index (χ0n) is 15.3. The predicted octanol–water partition coefficient (Wildman–Crippen LogP) is 2.07. The van der Waals surface area contributed by atoms with Gasteiger partial charge in [-0.3, -0.25) is 4.79 Å². The molecule has 138 valence electrons. The lowest BCUT2D eigenvalue weighted by atomic mass is 10.3. The molecule has 1 fully saturated rings. The van der Waals surface area contributed by atoms with E-state index < -0.39 is 0 Å². The lowest BCUT2D eigenvalue weighted by molar-refractivity contribution is -0.129. The zero-order chi connectivity index (χ0) is 18.5. The minimum Gasteiger partial charge on any atom is -0.491 e. The van der Waals surface area contributed by atoms with Gasteiger partial charge < -0.3 is 19.9 Å². The minimum atomic E-state index is 0.101. The van der Waals surface area contributed by atoms with Gasteiger partial charge in [-0.05, 0) is 38.1 Å². The smallest absolute Gasteiger partial charge is 0.247 e. The van der Waals surface area contributed by atoms with Gasteiger partial charge in [-0.1, -0.05) is 0 Å². The van der Waals surface area contributed by atoms with E-state index in [-0.39, 0.29) is 12.0 Å². The molecular weight excluding hydrogens is 332 g/mol. The molecular formula is C18H24N6O2. The van der Waals surface area contributed by atoms with Crippen LogP contribution in [0.3, 0.4) is 0 Å². The van der Waals surface area contributed by atoms with E-state index in [0.29, 0.717) is 37.9 Å². The van der Waals surface area contributed by atoms with Crippen LogP contribution in [0.1, 0.15) is 20.8 Å². The van der Waals surface area contributed by atoms with Gasteiger partial charge in [0.05, 0.1) is 12.3 Å². The van der Waals surface area contributed by atoms with E-state index in [0.717, 1.165) is 11.4 Å². The molecule has 1 aliphatic heterocycles. The third kappa shape index (κ3) is 4.59. The van der Waals surface area contributed by atoms with Crippen molar-refractivity contribution in [3.8, 4) is 5.75 Å². The molecule has 3 rings (SSSR count). The third-order valence-electron chi connectivity index (χ3n) is 4.05. The highest BCUT2D eigenvalue weighted by Crippen LogP contribution is 2.20. The van der Waals surface area contributed by atoms with E-state index in [9.17, 15) is 4.79 Å². The predicted molar refractivity (Wildman–Crippen MR) is 99.8 cm³/mol. The first kappa shape index (κ1) is 17.9. The number of rotatable bonds is 5. The molecule has 1 saturated heterocycles. The summed E-state index contributed by atoms with van der Waals surface area (Å²) in [5.74, 6) is 2.12. The quantitative estimate of drug-likeness (QED) is 0.878. The molecule has 0 atom stereocenters. The van der Waals surface area contributed by atoms with E-state index in [4.69, 9.17) is 4.74 Å². The van der Waals surface area contributed by atoms with Crippen molar-refractivity contribution in [2.75, 3.05) is 36.4 Å². The number of amides is 1. The van der Waals surface area contributed by atoms with E-state index in [2.05, 4.69) is 20.5 Å². The van der Waals surface area contributed by atoms with Crippen molar-refractivity contribution in [2.24, 2.45) is 0 Å². The lowest BCUT2D eigenvalue weighted by Gasteiger charge is -2.33. The lowest BCUT2D eigenvalue weighted by Crippen LogP contribution is -2.48. The van der Waals surface area contributed by atoms with Crippen LogP contribution in [-0.2, 0) is 4.79 Å². The number of ether oxygens (including phenoxy) is 1. The van der Waals surface area contributed by atoms with Crippen LogP contribution in [-0.4, -0.2) is 58.3 Å². The molecule has 0 bridgehead atoms. The number of nitrogens with zero attached hydrogens (tertiary/aromatic N) is 5. The number of carbonyl (C=O) groups excluding carboxylic acids is 1. The average Bonchev–Trinajstić information content (AvgIpc) is 2.63. The molecule has 0 saturated carbocycles. The Kier molecular flexibility index (Phi) is 5.50. The summed E-state index contributed by atoms with van der Waals surface area (Å²) in [6.07, 6.45) is 1.74. The summed E-state index contributed by atoms with van der Waals surface area (Å²) in [4.78, 5) is 19.8. The molecule has 1 aliphatic rings. The van der Waals surface area contributed by atoms with E-state index in [1.54, 1.807) is 13.1 Å². The topological polar surface area (TPSA) is 83.5 Å². The van der Waals surface area contributed by atoms with Crippen molar-refractivity contribution in [2.45, 2.75) is 26.9 Å². The summed E-state index contributed by atoms with van der Waals surface area (Å²) in [5, 5.41) is 11.4. The maximum Gasteiger partial charge on any atom is 0.247 e. The Labute approximate surface area is 153 Å². The average molecular weight is 356 g/mol. The molecule has 2 aromatic rings. The molecule has 8 nitrogen and oxygen atoms in total. The Morgan fingerprint density at radius 2 is 1.85 bits per heavy atom. The van der Waals surface area contributed by atoms with Crippen LogP contribution in [0.5, 0.6) is 5.75 Å². The van der Waals surface area contributed by atoms with Crippen LogP contribution < -0.4 is 15.0 Å². The maximum absolute atomic E-state index is 11.4. The first-order chi connectivity index (χ1) is 12.5. The van der Waals surface area contributed by atoms with Gasteiger partial charge in [-0.2, -0.15) is 10.1 Å². The van der Waals surface area contributed by atoms with Gasteiger partial charge in [0, 0.05) is 38.8 Å². The van der Waals surface area contributed by atoms with Crippen molar-refractivity contribution in [3.05, 3.63) is 30.5 Å². The summed E-state index contributed by atoms with van der Waals surface area (Å²) >= 11 is 0. The molecule has 0 spiro atoms. The largest absolute Gasteiger partial charge is 0.491 e. The monoisotopic (exact) mass is 356 g/mol. The number of carbonyl (C=O) groups is 1. The molecule has 0 unspecified atom stereocenters. The standard InChI is InChI=1S/C18H24N6O2/c1-13(2)26-16-6-4-15(5-7-16)20-17-12-19-22-18(21-17)24-10-8-23(9-11-24)14(3)25/h4-7,12-13H,8-11H2,1-3H3,(H,20,21,22). The number of hydrogen-bond donors (Lipinski definition) is 1. The van der Waals surface area contributed by atoms with Crippen LogP contribution in [0, 0.1) is 0 Å². The molecule has 1 N–H and O–H groups in total. The first-order valence-electron chi connectivity index (χ1n) is 8.75. The van der Waals surface area contributed by atoms with Gasteiger partial charge in [0.2, 0.25) is 11.9 Å². The van der Waals surface area contributed by atoms with Crippen LogP contribution in [0.15, 0.2) is 30.5 Å². The van der Waals surface area contributed by atoms with Crippen molar-refractivity contribution < 1.29 is 9.53 Å². The van der Waals surface area contributed by atoms with E-state index in [1.807, 2.05) is 47.9 Å². The van der Waals surface area contributed by atoms with Crippen LogP contribution >= 0.6 is 0 Å². The van der Waals surface area contributed by atoms with Gasteiger partial charge in [0.15, 0.2) is 5.82 Å². The molecule has 1 aromatic heterocycles. The number of benzene rings is 1. The van der Waals surface area contributed by atoms with Crippen molar-refractivity contribution in [1.29, 1.82) is 0 Å². The minimum absolute atomic E-state index is 0.101. The Morgan fingerprint density at radius 3 is 2.46 bits per heavy atom. The van der Waals surface area contributed by atoms with Crippen LogP contribution in [0.25, 0.3) is 0 Å². The SMILES string of the molecule is CC(=O)N1CCN(c2nncc(Nc3ccc(OC(C)C)cc3)n2)CC1. The van der Waals surface area contributed by atoms with Crippen LogP contribution in [0.2, 0.25) is 0 Å². The summed E-state index contributed by atoms with van der Waals surface area (Å²) in [7, 11) is 0. The Bertz CT molecular complexity index is 742. The molecule has 1 aromatic carbocycles. The van der Waals surface area contributed by atoms with Crippen molar-refractivity contribution in [1.82, 2.24) is 20.1 Å². The van der Waals surface area contributed by atoms with Gasteiger partial charge in [-0.15, -0.1) is 5.10 Å². The third-order valence-corrected chi connectivity index (χ3v) is 4.05. The molecule has 0 radical (unpaired) electrons. The molecule has 0 aliphatic carbocycles. The fraction of sp³-hybridized carbons (Fsp3) is 0.444. The second kappa shape index (κ2) is 7.99. The summed E-state index contributed by atoms with van der Waals surface area (Å²) in [5.41, 5.74) is 0.897. The highest BCUT2D eigenvalue weighted by Gasteiger charge is 2.20. The van der Waals surface area contributed by atoms with Gasteiger partial charge in [0.1, 0.15) is 5.75 Å². The van der Waals surface area contributed by atoms with Crippen LogP contribution in [0.4, 0.5) is 17.5 Å². The van der Waals surface area contributed by atoms with Gasteiger partial charge in [0.25, 0.3) is 0 Å². The highest BCUT2D eigenvalue weighted by atomic mass is 16.5. The number of nitrogens with one attached hydrogen (secondary N) is 1. The number of aromatic nitrogens is 3. The fourth-order valence-corrected chi connectivity index (χ4v) is 2.75. The Hall–Kier alpha value is -2.90. The van der Waals surface area contributed by atoms with Gasteiger partial charge >= 0.3 is 0 Å². The number of hydrogen-bond acceptors (Lipinski definition) is 7. The molecule has 26 heavy (non-hydrogen) atoms. The second-order valence-electron chi connectivity index (χ2n) is 6.45. The van der Waals surface area contributed by atoms with Gasteiger partial charge in [-0.25, -0.2) is 0 Å². The number of anilines is 3. The molecule has 1 amide bonds. The van der Waals surface area contributed by atoms with E-state index >= 15 is 0 Å². The molecule has 2 heterocycles. The maximum atomic E-state index is 11.4. The first-order valence-corrected chi connectivity index (χ1v) is 8.75. The molecule has 8 heteroatoms. The van der Waals surface area contributed by atoms with E-state index in [1.165, 1.54) is 0 Å². The fourth-order valence-electron chi connectivity index (χ4n) is 2.75. The van der Waals surface area contributed by atoms with Crippen molar-refractivity contribution >= 4 is 23.4 Å². The summed E-state index contributed by atoms with van der Waals surface area (Å²) in [6, 6.07) is 7.70. The zero-order valence-corrected chi connectivity index (χ0v) is 15.3. The normalized spacial score (nSPS) is 14.5. The van der Waals surface area contributed by atoms with Crippen molar-refractivity contribution in [3.63, 3.8) is 0 Å². The number of piperazine rings is 1. The summed E-state index contributed by atoms with van der Waals surface area (Å²) in [6.45, 7) is 8.34. The second-order valence-corrected chi connectivity index (χ2v) is 6.45. The Morgan fingerprint density at radius 1 is 1.15 bits per heavy atom. The highest BCUT2D eigenvalue weighted by molar-refractivity contribution is 5.73.